The molecule has 0 unspecified atom stereocenters. The molecular formula is C18H17F3N2O2. The van der Waals surface area contributed by atoms with Crippen LogP contribution in [0.3, 0.4) is 0 Å². The van der Waals surface area contributed by atoms with Crippen molar-refractivity contribution in [3.05, 3.63) is 65.5 Å². The quantitative estimate of drug-likeness (QED) is 0.758. The highest BCUT2D eigenvalue weighted by Gasteiger charge is 2.33. The fourth-order valence-electron chi connectivity index (χ4n) is 2.85. The zero-order valence-corrected chi connectivity index (χ0v) is 13.5. The Labute approximate surface area is 142 Å². The number of benzene rings is 2. The summed E-state index contributed by atoms with van der Waals surface area (Å²) >= 11 is 0. The van der Waals surface area contributed by atoms with Crippen LogP contribution < -0.4 is 0 Å². The molecule has 0 bridgehead atoms. The van der Waals surface area contributed by atoms with Gasteiger partial charge in [-0.15, -0.1) is 0 Å². The van der Waals surface area contributed by atoms with E-state index in [1.54, 1.807) is 28.8 Å². The highest BCUT2D eigenvalue weighted by atomic mass is 19.4. The number of halogens is 3. The molecule has 0 spiro atoms. The first-order chi connectivity index (χ1) is 11.7. The summed E-state index contributed by atoms with van der Waals surface area (Å²) < 4.78 is 40.4. The monoisotopic (exact) mass is 350 g/mol. The number of aromatic nitrogens is 2. The van der Waals surface area contributed by atoms with E-state index >= 15 is 0 Å². The number of nitrogens with zero attached hydrogens (tertiary/aromatic N) is 2. The smallest absolute Gasteiger partial charge is 0.388 e. The molecule has 25 heavy (non-hydrogen) atoms. The molecular weight excluding hydrogens is 333 g/mol. The van der Waals surface area contributed by atoms with Gasteiger partial charge in [-0.3, -0.25) is 0 Å². The Morgan fingerprint density at radius 1 is 1.04 bits per heavy atom. The van der Waals surface area contributed by atoms with Crippen LogP contribution in [-0.2, 0) is 24.9 Å². The van der Waals surface area contributed by atoms with Crippen molar-refractivity contribution in [2.24, 2.45) is 0 Å². The minimum absolute atomic E-state index is 0.0370. The van der Waals surface area contributed by atoms with Crippen LogP contribution in [0, 0.1) is 0 Å². The van der Waals surface area contributed by atoms with E-state index in [9.17, 15) is 23.4 Å². The summed E-state index contributed by atoms with van der Waals surface area (Å²) in [6, 6.07) is 11.8. The molecule has 132 valence electrons. The van der Waals surface area contributed by atoms with Crippen molar-refractivity contribution in [1.82, 2.24) is 9.55 Å². The van der Waals surface area contributed by atoms with Crippen LogP contribution in [0.2, 0.25) is 0 Å². The molecule has 0 aliphatic heterocycles. The van der Waals surface area contributed by atoms with E-state index in [0.29, 0.717) is 16.9 Å². The predicted octanol–water partition coefficient (Wildman–Crippen LogP) is 3.46. The number of hydrogen-bond acceptors (Lipinski definition) is 3. The van der Waals surface area contributed by atoms with Gasteiger partial charge in [0.15, 0.2) is 0 Å². The van der Waals surface area contributed by atoms with Gasteiger partial charge in [0.2, 0.25) is 0 Å². The number of hydrogen-bond donors (Lipinski definition) is 2. The molecule has 2 N–H and O–H groups in total. The van der Waals surface area contributed by atoms with Gasteiger partial charge in [0.05, 0.1) is 23.1 Å². The number of aliphatic hydroxyl groups excluding tert-OH is 1. The molecule has 7 heteroatoms. The van der Waals surface area contributed by atoms with E-state index in [1.165, 1.54) is 19.1 Å². The first-order valence-electron chi connectivity index (χ1n) is 7.67. The first kappa shape index (κ1) is 17.4. The maximum atomic E-state index is 12.9. The van der Waals surface area contributed by atoms with E-state index in [0.717, 1.165) is 12.1 Å². The highest BCUT2D eigenvalue weighted by molar-refractivity contribution is 5.75. The minimum Gasteiger partial charge on any atom is -0.388 e. The van der Waals surface area contributed by atoms with Gasteiger partial charge in [-0.05, 0) is 36.8 Å². The first-order valence-corrected chi connectivity index (χ1v) is 7.67. The van der Waals surface area contributed by atoms with E-state index in [1.807, 2.05) is 0 Å². The summed E-state index contributed by atoms with van der Waals surface area (Å²) in [4.78, 5) is 4.29. The molecule has 0 radical (unpaired) electrons. The Morgan fingerprint density at radius 2 is 1.72 bits per heavy atom. The third-order valence-corrected chi connectivity index (χ3v) is 4.15. The summed E-state index contributed by atoms with van der Waals surface area (Å²) in [5.41, 5.74) is -0.911. The Morgan fingerprint density at radius 3 is 2.40 bits per heavy atom. The molecule has 0 aliphatic rings. The Kier molecular flexibility index (Phi) is 4.30. The van der Waals surface area contributed by atoms with Crippen molar-refractivity contribution in [2.45, 2.75) is 31.9 Å². The Balaban J connectivity index is 2.02. The number of aliphatic hydroxyl groups is 2. The van der Waals surface area contributed by atoms with Gasteiger partial charge < -0.3 is 14.8 Å². The van der Waals surface area contributed by atoms with E-state index in [-0.39, 0.29) is 18.7 Å². The molecule has 0 amide bonds. The van der Waals surface area contributed by atoms with Gasteiger partial charge in [0.25, 0.3) is 0 Å². The molecule has 3 aromatic rings. The number of para-hydroxylation sites is 2. The van der Waals surface area contributed by atoms with Crippen LogP contribution in [-0.4, -0.2) is 19.8 Å². The van der Waals surface area contributed by atoms with Gasteiger partial charge in [-0.2, -0.15) is 13.2 Å². The lowest BCUT2D eigenvalue weighted by atomic mass is 9.94. The molecule has 0 saturated carbocycles. The molecule has 1 aromatic heterocycles. The minimum atomic E-state index is -4.48. The summed E-state index contributed by atoms with van der Waals surface area (Å²) in [6.45, 7) is 1.07. The SMILES string of the molecule is C[C@@](O)(Cn1c(CO)nc2ccccc21)c1cccc(C(F)(F)F)c1. The fraction of sp³-hybridized carbons (Fsp3) is 0.278. The zero-order chi connectivity index (χ0) is 18.2. The van der Waals surface area contributed by atoms with E-state index in [2.05, 4.69) is 4.98 Å². The molecule has 2 aromatic carbocycles. The average molecular weight is 350 g/mol. The lowest BCUT2D eigenvalue weighted by Crippen LogP contribution is -2.29. The average Bonchev–Trinajstić information content (AvgIpc) is 2.92. The summed E-state index contributed by atoms with van der Waals surface area (Å²) in [6.07, 6.45) is -4.48. The van der Waals surface area contributed by atoms with Gasteiger partial charge in [-0.25, -0.2) is 4.98 Å². The van der Waals surface area contributed by atoms with Crippen molar-refractivity contribution < 1.29 is 23.4 Å². The van der Waals surface area contributed by atoms with Crippen LogP contribution >= 0.6 is 0 Å². The third kappa shape index (κ3) is 3.38. The maximum Gasteiger partial charge on any atom is 0.416 e. The molecule has 1 atom stereocenters. The normalized spacial score (nSPS) is 14.6. The van der Waals surface area contributed by atoms with Crippen LogP contribution in [0.4, 0.5) is 13.2 Å². The Hall–Kier alpha value is -2.38. The third-order valence-electron chi connectivity index (χ3n) is 4.15. The largest absolute Gasteiger partial charge is 0.416 e. The second-order valence-corrected chi connectivity index (χ2v) is 6.11. The predicted molar refractivity (Wildman–Crippen MR) is 86.7 cm³/mol. The molecule has 1 heterocycles. The number of rotatable bonds is 4. The van der Waals surface area contributed by atoms with Crippen molar-refractivity contribution in [1.29, 1.82) is 0 Å². The van der Waals surface area contributed by atoms with Gasteiger partial charge in [0, 0.05) is 0 Å². The second kappa shape index (κ2) is 6.16. The van der Waals surface area contributed by atoms with Crippen molar-refractivity contribution in [3.63, 3.8) is 0 Å². The maximum absolute atomic E-state index is 12.9. The molecule has 3 rings (SSSR count). The van der Waals surface area contributed by atoms with E-state index < -0.39 is 17.3 Å². The second-order valence-electron chi connectivity index (χ2n) is 6.11. The molecule has 0 fully saturated rings. The van der Waals surface area contributed by atoms with E-state index in [4.69, 9.17) is 0 Å². The van der Waals surface area contributed by atoms with Crippen LogP contribution in [0.1, 0.15) is 23.9 Å². The van der Waals surface area contributed by atoms with Gasteiger partial charge >= 0.3 is 6.18 Å². The summed E-state index contributed by atoms with van der Waals surface area (Å²) in [5, 5.41) is 20.4. The zero-order valence-electron chi connectivity index (χ0n) is 13.5. The molecule has 4 nitrogen and oxygen atoms in total. The number of imidazole rings is 1. The topological polar surface area (TPSA) is 58.3 Å². The number of fused-ring (bicyclic) bond motifs is 1. The van der Waals surface area contributed by atoms with Crippen LogP contribution in [0.15, 0.2) is 48.5 Å². The van der Waals surface area contributed by atoms with Crippen molar-refractivity contribution >= 4 is 11.0 Å². The standard InChI is InChI=1S/C18H17F3N2O2/c1-17(25,12-5-4-6-13(9-12)18(19,20)21)11-23-15-8-3-2-7-14(15)22-16(23)10-24/h2-9,24-25H,10-11H2,1H3/t17-/m1/s1. The van der Waals surface area contributed by atoms with Gasteiger partial charge in [-0.1, -0.05) is 24.3 Å². The number of alkyl halides is 3. The van der Waals surface area contributed by atoms with Crippen molar-refractivity contribution in [3.8, 4) is 0 Å². The van der Waals surface area contributed by atoms with Crippen molar-refractivity contribution in [2.75, 3.05) is 0 Å². The molecule has 0 aliphatic carbocycles. The van der Waals surface area contributed by atoms with Crippen LogP contribution in [0.25, 0.3) is 11.0 Å². The summed E-state index contributed by atoms with van der Waals surface area (Å²) in [7, 11) is 0. The van der Waals surface area contributed by atoms with Crippen LogP contribution in [0.5, 0.6) is 0 Å². The fourth-order valence-corrected chi connectivity index (χ4v) is 2.85. The highest BCUT2D eigenvalue weighted by Crippen LogP contribution is 2.33. The summed E-state index contributed by atoms with van der Waals surface area (Å²) in [5.74, 6) is 0.341. The lowest BCUT2D eigenvalue weighted by molar-refractivity contribution is -0.137. The Bertz CT molecular complexity index is 901. The molecule has 0 saturated heterocycles. The lowest BCUT2D eigenvalue weighted by Gasteiger charge is -2.26. The van der Waals surface area contributed by atoms with Gasteiger partial charge in [0.1, 0.15) is 18.0 Å².